The SMILES string of the molecule is COC(=O)N1CCN(C(=O)N/C=C/c2ccccc2C)CC1. The summed E-state index contributed by atoms with van der Waals surface area (Å²) in [6.45, 7) is 4.00. The van der Waals surface area contributed by atoms with Gasteiger partial charge in [-0.05, 0) is 24.1 Å². The number of carbonyl (C=O) groups excluding carboxylic acids is 2. The van der Waals surface area contributed by atoms with Gasteiger partial charge in [0.25, 0.3) is 0 Å². The average Bonchev–Trinajstić information content (AvgIpc) is 2.56. The Kier molecular flexibility index (Phi) is 5.41. The van der Waals surface area contributed by atoms with Crippen molar-refractivity contribution in [3.05, 3.63) is 41.6 Å². The molecule has 1 heterocycles. The summed E-state index contributed by atoms with van der Waals surface area (Å²) in [6, 6.07) is 7.79. The molecule has 1 fully saturated rings. The minimum atomic E-state index is -0.348. The van der Waals surface area contributed by atoms with Crippen LogP contribution in [-0.2, 0) is 4.74 Å². The van der Waals surface area contributed by atoms with Crippen LogP contribution in [0.15, 0.2) is 30.5 Å². The van der Waals surface area contributed by atoms with Crippen LogP contribution in [0.5, 0.6) is 0 Å². The molecule has 0 saturated carbocycles. The van der Waals surface area contributed by atoms with Crippen molar-refractivity contribution in [2.24, 2.45) is 0 Å². The zero-order chi connectivity index (χ0) is 15.9. The van der Waals surface area contributed by atoms with Crippen LogP contribution in [0.2, 0.25) is 0 Å². The maximum absolute atomic E-state index is 12.0. The third-order valence-electron chi connectivity index (χ3n) is 3.66. The summed E-state index contributed by atoms with van der Waals surface area (Å²) in [5.74, 6) is 0. The van der Waals surface area contributed by atoms with Gasteiger partial charge in [-0.25, -0.2) is 9.59 Å². The van der Waals surface area contributed by atoms with E-state index in [4.69, 9.17) is 0 Å². The summed E-state index contributed by atoms with van der Waals surface area (Å²) in [4.78, 5) is 26.7. The molecule has 0 unspecified atom stereocenters. The number of amides is 3. The standard InChI is InChI=1S/C16H21N3O3/c1-13-5-3-4-6-14(13)7-8-17-15(20)18-9-11-19(12-10-18)16(21)22-2/h3-8H,9-12H2,1-2H3,(H,17,20)/b8-7+. The lowest BCUT2D eigenvalue weighted by atomic mass is 10.1. The van der Waals surface area contributed by atoms with Gasteiger partial charge >= 0.3 is 12.1 Å². The number of hydrogen-bond donors (Lipinski definition) is 1. The third-order valence-corrected chi connectivity index (χ3v) is 3.66. The van der Waals surface area contributed by atoms with Gasteiger partial charge in [-0.1, -0.05) is 24.3 Å². The van der Waals surface area contributed by atoms with E-state index in [0.717, 1.165) is 11.1 Å². The number of piperazine rings is 1. The zero-order valence-corrected chi connectivity index (χ0v) is 12.9. The predicted molar refractivity (Wildman–Crippen MR) is 84.3 cm³/mol. The van der Waals surface area contributed by atoms with Gasteiger partial charge in [0.2, 0.25) is 0 Å². The van der Waals surface area contributed by atoms with Crippen molar-refractivity contribution in [2.45, 2.75) is 6.92 Å². The molecule has 0 spiro atoms. The molecule has 1 aromatic carbocycles. The fourth-order valence-corrected chi connectivity index (χ4v) is 2.29. The summed E-state index contributed by atoms with van der Waals surface area (Å²) in [6.07, 6.45) is 3.18. The van der Waals surface area contributed by atoms with E-state index in [9.17, 15) is 9.59 Å². The van der Waals surface area contributed by atoms with Gasteiger partial charge in [-0.2, -0.15) is 0 Å². The topological polar surface area (TPSA) is 61.9 Å². The maximum atomic E-state index is 12.0. The van der Waals surface area contributed by atoms with E-state index in [1.165, 1.54) is 7.11 Å². The van der Waals surface area contributed by atoms with Crippen LogP contribution in [0.1, 0.15) is 11.1 Å². The molecule has 0 aliphatic carbocycles. The highest BCUT2D eigenvalue weighted by atomic mass is 16.5. The maximum Gasteiger partial charge on any atom is 0.409 e. The second-order valence-electron chi connectivity index (χ2n) is 5.08. The summed E-state index contributed by atoms with van der Waals surface area (Å²) < 4.78 is 4.67. The first-order valence-electron chi connectivity index (χ1n) is 7.22. The van der Waals surface area contributed by atoms with Crippen molar-refractivity contribution in [1.29, 1.82) is 0 Å². The van der Waals surface area contributed by atoms with Gasteiger partial charge in [0.05, 0.1) is 7.11 Å². The van der Waals surface area contributed by atoms with Crippen LogP contribution in [0.25, 0.3) is 6.08 Å². The van der Waals surface area contributed by atoms with Crippen LogP contribution in [0.4, 0.5) is 9.59 Å². The first-order valence-corrected chi connectivity index (χ1v) is 7.22. The molecule has 1 aliphatic heterocycles. The molecule has 0 aromatic heterocycles. The van der Waals surface area contributed by atoms with Crippen molar-refractivity contribution in [2.75, 3.05) is 33.3 Å². The van der Waals surface area contributed by atoms with Gasteiger partial charge in [0.15, 0.2) is 0 Å². The molecule has 1 N–H and O–H groups in total. The zero-order valence-electron chi connectivity index (χ0n) is 12.9. The normalized spacial score (nSPS) is 15.0. The van der Waals surface area contributed by atoms with E-state index in [-0.39, 0.29) is 12.1 Å². The summed E-state index contributed by atoms with van der Waals surface area (Å²) in [5.41, 5.74) is 2.22. The van der Waals surface area contributed by atoms with E-state index in [2.05, 4.69) is 10.1 Å². The molecule has 6 nitrogen and oxygen atoms in total. The number of ether oxygens (including phenoxy) is 1. The molecule has 3 amide bonds. The number of nitrogens with one attached hydrogen (secondary N) is 1. The highest BCUT2D eigenvalue weighted by molar-refractivity contribution is 5.77. The fraction of sp³-hybridized carbons (Fsp3) is 0.375. The Balaban J connectivity index is 1.81. The van der Waals surface area contributed by atoms with Gasteiger partial charge in [-0.3, -0.25) is 0 Å². The number of aryl methyl sites for hydroxylation is 1. The van der Waals surface area contributed by atoms with Crippen LogP contribution in [-0.4, -0.2) is 55.2 Å². The lowest BCUT2D eigenvalue weighted by molar-refractivity contribution is 0.0977. The molecule has 118 valence electrons. The molecule has 0 radical (unpaired) electrons. The predicted octanol–water partition coefficient (Wildman–Crippen LogP) is 2.06. The molecule has 22 heavy (non-hydrogen) atoms. The first-order chi connectivity index (χ1) is 10.6. The van der Waals surface area contributed by atoms with E-state index >= 15 is 0 Å². The van der Waals surface area contributed by atoms with Crippen molar-refractivity contribution < 1.29 is 14.3 Å². The highest BCUT2D eigenvalue weighted by Gasteiger charge is 2.23. The molecular weight excluding hydrogens is 282 g/mol. The van der Waals surface area contributed by atoms with Crippen LogP contribution in [0.3, 0.4) is 0 Å². The molecule has 6 heteroatoms. The van der Waals surface area contributed by atoms with Gasteiger partial charge in [0.1, 0.15) is 0 Å². The molecule has 2 rings (SSSR count). The van der Waals surface area contributed by atoms with Crippen LogP contribution in [0, 0.1) is 6.92 Å². The minimum Gasteiger partial charge on any atom is -0.453 e. The Morgan fingerprint density at radius 3 is 2.41 bits per heavy atom. The smallest absolute Gasteiger partial charge is 0.409 e. The van der Waals surface area contributed by atoms with Crippen molar-refractivity contribution in [1.82, 2.24) is 15.1 Å². The monoisotopic (exact) mass is 303 g/mol. The van der Waals surface area contributed by atoms with Gasteiger partial charge in [0, 0.05) is 32.4 Å². The Labute approximate surface area is 130 Å². The fourth-order valence-electron chi connectivity index (χ4n) is 2.29. The van der Waals surface area contributed by atoms with E-state index in [1.54, 1.807) is 16.0 Å². The third kappa shape index (κ3) is 4.00. The lowest BCUT2D eigenvalue weighted by Gasteiger charge is -2.33. The second-order valence-corrected chi connectivity index (χ2v) is 5.08. The second kappa shape index (κ2) is 7.49. The largest absolute Gasteiger partial charge is 0.453 e. The number of nitrogens with zero attached hydrogens (tertiary/aromatic N) is 2. The minimum absolute atomic E-state index is 0.158. The molecule has 1 aromatic rings. The van der Waals surface area contributed by atoms with Crippen LogP contribution >= 0.6 is 0 Å². The lowest BCUT2D eigenvalue weighted by Crippen LogP contribution is -2.52. The number of hydrogen-bond acceptors (Lipinski definition) is 3. The van der Waals surface area contributed by atoms with E-state index in [1.807, 2.05) is 37.3 Å². The Morgan fingerprint density at radius 2 is 1.77 bits per heavy atom. The quantitative estimate of drug-likeness (QED) is 0.909. The molecule has 0 atom stereocenters. The summed E-state index contributed by atoms with van der Waals surface area (Å²) in [7, 11) is 1.36. The number of methoxy groups -OCH3 is 1. The van der Waals surface area contributed by atoms with E-state index in [0.29, 0.717) is 26.2 Å². The molecule has 0 bridgehead atoms. The summed E-state index contributed by atoms with van der Waals surface area (Å²) in [5, 5.41) is 2.76. The average molecular weight is 303 g/mol. The van der Waals surface area contributed by atoms with Crippen LogP contribution < -0.4 is 5.32 Å². The number of benzene rings is 1. The van der Waals surface area contributed by atoms with Crippen molar-refractivity contribution in [3.63, 3.8) is 0 Å². The Morgan fingerprint density at radius 1 is 1.14 bits per heavy atom. The number of rotatable bonds is 2. The first kappa shape index (κ1) is 15.9. The van der Waals surface area contributed by atoms with Crippen molar-refractivity contribution in [3.8, 4) is 0 Å². The van der Waals surface area contributed by atoms with E-state index < -0.39 is 0 Å². The van der Waals surface area contributed by atoms with Gasteiger partial charge < -0.3 is 19.9 Å². The Bertz CT molecular complexity index is 564. The molecule has 1 aliphatic rings. The number of carbonyl (C=O) groups is 2. The summed E-state index contributed by atoms with van der Waals surface area (Å²) >= 11 is 0. The van der Waals surface area contributed by atoms with Gasteiger partial charge in [-0.15, -0.1) is 0 Å². The molecular formula is C16H21N3O3. The van der Waals surface area contributed by atoms with Crippen molar-refractivity contribution >= 4 is 18.2 Å². The Hall–Kier alpha value is -2.50. The highest BCUT2D eigenvalue weighted by Crippen LogP contribution is 2.08. The molecule has 1 saturated heterocycles. The number of urea groups is 1.